The largest absolute Gasteiger partial charge is 0.494 e. The summed E-state index contributed by atoms with van der Waals surface area (Å²) in [6, 6.07) is 6.72. The van der Waals surface area contributed by atoms with Crippen LogP contribution in [0.15, 0.2) is 24.3 Å². The summed E-state index contributed by atoms with van der Waals surface area (Å²) in [6.07, 6.45) is 2.90. The molecule has 3 unspecified atom stereocenters. The van der Waals surface area contributed by atoms with E-state index in [9.17, 15) is 19.5 Å². The Morgan fingerprint density at radius 3 is 2.64 bits per heavy atom. The molecule has 3 atom stereocenters. The van der Waals surface area contributed by atoms with Crippen molar-refractivity contribution in [3.8, 4) is 5.75 Å². The van der Waals surface area contributed by atoms with Crippen LogP contribution < -0.4 is 15.4 Å². The molecule has 28 heavy (non-hydrogen) atoms. The number of carbonyl (C=O) groups is 3. The van der Waals surface area contributed by atoms with Gasteiger partial charge in [0.25, 0.3) is 0 Å². The first kappa shape index (κ1) is 21.7. The Kier molecular flexibility index (Phi) is 7.43. The molecule has 0 aromatic heterocycles. The van der Waals surface area contributed by atoms with Gasteiger partial charge in [-0.25, -0.2) is 0 Å². The molecule has 2 rings (SSSR count). The number of hydrogen-bond donors (Lipinski definition) is 3. The number of amides is 2. The minimum atomic E-state index is -0.886. The molecule has 0 saturated heterocycles. The van der Waals surface area contributed by atoms with Gasteiger partial charge in [0.2, 0.25) is 11.8 Å². The molecule has 1 fully saturated rings. The Balaban J connectivity index is 2.19. The second kappa shape index (κ2) is 9.57. The van der Waals surface area contributed by atoms with E-state index in [2.05, 4.69) is 10.6 Å². The number of carboxylic acid groups (broad SMARTS) is 1. The van der Waals surface area contributed by atoms with E-state index in [0.717, 1.165) is 18.4 Å². The maximum atomic E-state index is 12.8. The van der Waals surface area contributed by atoms with Crippen LogP contribution in [0.4, 0.5) is 0 Å². The number of ether oxygens (including phenoxy) is 1. The van der Waals surface area contributed by atoms with E-state index in [1.807, 2.05) is 25.1 Å². The average Bonchev–Trinajstić information content (AvgIpc) is 2.61. The molecule has 0 radical (unpaired) electrons. The summed E-state index contributed by atoms with van der Waals surface area (Å²) in [5.74, 6) is -1.43. The number of hydrogen-bond acceptors (Lipinski definition) is 4. The number of carboxylic acids is 1. The van der Waals surface area contributed by atoms with Crippen molar-refractivity contribution in [2.45, 2.75) is 64.5 Å². The number of rotatable bonds is 8. The van der Waals surface area contributed by atoms with Gasteiger partial charge in [-0.3, -0.25) is 14.4 Å². The van der Waals surface area contributed by atoms with Crippen molar-refractivity contribution < 1.29 is 24.2 Å². The maximum Gasteiger partial charge on any atom is 0.308 e. The lowest BCUT2D eigenvalue weighted by molar-refractivity contribution is -0.146. The van der Waals surface area contributed by atoms with E-state index in [-0.39, 0.29) is 18.2 Å². The van der Waals surface area contributed by atoms with E-state index in [4.69, 9.17) is 4.74 Å². The lowest BCUT2D eigenvalue weighted by Crippen LogP contribution is -2.55. The number of nitrogens with one attached hydrogen (secondary N) is 2. The summed E-state index contributed by atoms with van der Waals surface area (Å²) in [5.41, 5.74) is -0.0697. The smallest absolute Gasteiger partial charge is 0.308 e. The highest BCUT2D eigenvalue weighted by Gasteiger charge is 2.42. The van der Waals surface area contributed by atoms with Crippen LogP contribution in [0.1, 0.15) is 64.5 Å². The average molecular weight is 390 g/mol. The molecule has 2 amide bonds. The fourth-order valence-electron chi connectivity index (χ4n) is 3.97. The molecule has 0 aliphatic heterocycles. The number of carbonyl (C=O) groups excluding carboxylic acids is 2. The Hall–Kier alpha value is -2.57. The summed E-state index contributed by atoms with van der Waals surface area (Å²) >= 11 is 0. The number of benzene rings is 1. The van der Waals surface area contributed by atoms with Gasteiger partial charge in [-0.2, -0.15) is 0 Å². The number of para-hydroxylation sites is 1. The fraction of sp³-hybridized carbons (Fsp3) is 0.571. The predicted octanol–water partition coefficient (Wildman–Crippen LogP) is 2.80. The van der Waals surface area contributed by atoms with Crippen LogP contribution in [0.25, 0.3) is 0 Å². The van der Waals surface area contributed by atoms with Gasteiger partial charge < -0.3 is 20.5 Å². The standard InChI is InChI=1S/C21H30N2O5/c1-4-28-18-11-6-5-9-15(18)17(22-14(2)24)13-19(25)23-21(3)12-8-7-10-16(21)20(26)27/h5-6,9,11,16-17H,4,7-8,10,12-13H2,1-3H3,(H,22,24)(H,23,25)(H,26,27). The lowest BCUT2D eigenvalue weighted by Gasteiger charge is -2.40. The van der Waals surface area contributed by atoms with Crippen molar-refractivity contribution in [3.63, 3.8) is 0 Å². The monoisotopic (exact) mass is 390 g/mol. The topological polar surface area (TPSA) is 105 Å². The first-order chi connectivity index (χ1) is 13.3. The Morgan fingerprint density at radius 1 is 1.29 bits per heavy atom. The van der Waals surface area contributed by atoms with Gasteiger partial charge in [-0.05, 0) is 32.8 Å². The second-order valence-corrected chi connectivity index (χ2v) is 7.53. The second-order valence-electron chi connectivity index (χ2n) is 7.53. The SMILES string of the molecule is CCOc1ccccc1C(CC(=O)NC1(C)CCCCC1C(=O)O)NC(C)=O. The third-order valence-corrected chi connectivity index (χ3v) is 5.29. The first-order valence-corrected chi connectivity index (χ1v) is 9.79. The zero-order chi connectivity index (χ0) is 20.7. The van der Waals surface area contributed by atoms with Gasteiger partial charge >= 0.3 is 5.97 Å². The van der Waals surface area contributed by atoms with E-state index >= 15 is 0 Å². The van der Waals surface area contributed by atoms with Crippen LogP contribution in [-0.2, 0) is 14.4 Å². The van der Waals surface area contributed by atoms with Crippen molar-refractivity contribution in [1.82, 2.24) is 10.6 Å². The van der Waals surface area contributed by atoms with E-state index in [1.54, 1.807) is 13.0 Å². The molecular weight excluding hydrogens is 360 g/mol. The first-order valence-electron chi connectivity index (χ1n) is 9.79. The molecule has 0 heterocycles. The van der Waals surface area contributed by atoms with Gasteiger partial charge in [0.15, 0.2) is 0 Å². The van der Waals surface area contributed by atoms with Gasteiger partial charge in [-0.1, -0.05) is 31.0 Å². The Bertz CT molecular complexity index is 721. The van der Waals surface area contributed by atoms with Crippen LogP contribution in [0.2, 0.25) is 0 Å². The predicted molar refractivity (Wildman–Crippen MR) is 105 cm³/mol. The zero-order valence-corrected chi connectivity index (χ0v) is 16.8. The highest BCUT2D eigenvalue weighted by Crippen LogP contribution is 2.34. The van der Waals surface area contributed by atoms with Gasteiger partial charge in [0.05, 0.1) is 30.5 Å². The van der Waals surface area contributed by atoms with E-state index in [0.29, 0.717) is 25.2 Å². The van der Waals surface area contributed by atoms with Gasteiger partial charge in [0, 0.05) is 12.5 Å². The van der Waals surface area contributed by atoms with Crippen molar-refractivity contribution in [3.05, 3.63) is 29.8 Å². The summed E-state index contributed by atoms with van der Waals surface area (Å²) in [7, 11) is 0. The molecule has 1 aliphatic carbocycles. The third-order valence-electron chi connectivity index (χ3n) is 5.29. The molecule has 1 aromatic carbocycles. The van der Waals surface area contributed by atoms with Crippen LogP contribution >= 0.6 is 0 Å². The molecule has 1 aromatic rings. The lowest BCUT2D eigenvalue weighted by atomic mass is 9.73. The molecule has 154 valence electrons. The highest BCUT2D eigenvalue weighted by molar-refractivity contribution is 5.81. The molecular formula is C21H30N2O5. The van der Waals surface area contributed by atoms with Gasteiger partial charge in [0.1, 0.15) is 5.75 Å². The summed E-state index contributed by atoms with van der Waals surface area (Å²) < 4.78 is 5.64. The van der Waals surface area contributed by atoms with Crippen LogP contribution in [0, 0.1) is 5.92 Å². The third kappa shape index (κ3) is 5.47. The molecule has 7 heteroatoms. The van der Waals surface area contributed by atoms with E-state index in [1.165, 1.54) is 6.92 Å². The normalized spacial score (nSPS) is 22.8. The number of aliphatic carboxylic acids is 1. The fourth-order valence-corrected chi connectivity index (χ4v) is 3.97. The molecule has 3 N–H and O–H groups in total. The summed E-state index contributed by atoms with van der Waals surface area (Å²) in [5, 5.41) is 15.3. The van der Waals surface area contributed by atoms with Crippen LogP contribution in [0.3, 0.4) is 0 Å². The van der Waals surface area contributed by atoms with Crippen molar-refractivity contribution in [1.29, 1.82) is 0 Å². The summed E-state index contributed by atoms with van der Waals surface area (Å²) in [4.78, 5) is 36.2. The maximum absolute atomic E-state index is 12.8. The molecule has 1 saturated carbocycles. The minimum absolute atomic E-state index is 0.00555. The molecule has 0 spiro atoms. The molecule has 0 bridgehead atoms. The van der Waals surface area contributed by atoms with Crippen molar-refractivity contribution in [2.24, 2.45) is 5.92 Å². The van der Waals surface area contributed by atoms with Crippen molar-refractivity contribution in [2.75, 3.05) is 6.61 Å². The van der Waals surface area contributed by atoms with E-state index < -0.39 is 23.5 Å². The minimum Gasteiger partial charge on any atom is -0.494 e. The highest BCUT2D eigenvalue weighted by atomic mass is 16.5. The quantitative estimate of drug-likeness (QED) is 0.633. The summed E-state index contributed by atoms with van der Waals surface area (Å²) in [6.45, 7) is 5.53. The van der Waals surface area contributed by atoms with Crippen LogP contribution in [0.5, 0.6) is 5.75 Å². The Morgan fingerprint density at radius 2 is 2.00 bits per heavy atom. The van der Waals surface area contributed by atoms with Crippen LogP contribution in [-0.4, -0.2) is 35.0 Å². The van der Waals surface area contributed by atoms with Crippen molar-refractivity contribution >= 4 is 17.8 Å². The molecule has 1 aliphatic rings. The molecule has 7 nitrogen and oxygen atoms in total. The Labute approximate surface area is 165 Å². The van der Waals surface area contributed by atoms with Gasteiger partial charge in [-0.15, -0.1) is 0 Å². The zero-order valence-electron chi connectivity index (χ0n) is 16.8.